The molecule has 30 heavy (non-hydrogen) atoms. The average molecular weight is 409 g/mol. The quantitative estimate of drug-likeness (QED) is 0.759. The van der Waals surface area contributed by atoms with E-state index < -0.39 is 0 Å². The lowest BCUT2D eigenvalue weighted by Gasteiger charge is -2.37. The molecule has 0 spiro atoms. The third-order valence-corrected chi connectivity index (χ3v) is 5.86. The highest BCUT2D eigenvalue weighted by Crippen LogP contribution is 2.36. The molecule has 7 heteroatoms. The van der Waals surface area contributed by atoms with Gasteiger partial charge in [0, 0.05) is 50.9 Å². The molecule has 2 aliphatic heterocycles. The third kappa shape index (κ3) is 3.92. The zero-order valence-electron chi connectivity index (χ0n) is 17.4. The molecule has 1 unspecified atom stereocenters. The summed E-state index contributed by atoms with van der Waals surface area (Å²) in [5.74, 6) is 0.900. The molecule has 0 radical (unpaired) electrons. The molecule has 4 rings (SSSR count). The van der Waals surface area contributed by atoms with E-state index in [9.17, 15) is 9.59 Å². The first kappa shape index (κ1) is 20.1. The van der Waals surface area contributed by atoms with Crippen LogP contribution in [-0.4, -0.2) is 63.7 Å². The lowest BCUT2D eigenvalue weighted by molar-refractivity contribution is -0.136. The molecule has 2 heterocycles. The number of carbonyl (C=O) groups excluding carboxylic acids is 2. The van der Waals surface area contributed by atoms with Gasteiger partial charge < -0.3 is 24.2 Å². The number of rotatable bonds is 5. The summed E-state index contributed by atoms with van der Waals surface area (Å²) in [6.45, 7) is 3.31. The van der Waals surface area contributed by atoms with Crippen LogP contribution in [0.2, 0.25) is 0 Å². The van der Waals surface area contributed by atoms with E-state index in [0.717, 1.165) is 13.1 Å². The van der Waals surface area contributed by atoms with E-state index in [1.54, 1.807) is 37.3 Å². The van der Waals surface area contributed by atoms with E-state index in [-0.39, 0.29) is 24.2 Å². The molecule has 2 aromatic rings. The molecule has 2 aromatic carbocycles. The second kappa shape index (κ2) is 8.65. The summed E-state index contributed by atoms with van der Waals surface area (Å²) in [6, 6.07) is 15.6. The Balaban J connectivity index is 1.40. The molecule has 0 aromatic heterocycles. The van der Waals surface area contributed by atoms with Crippen LogP contribution in [0.25, 0.3) is 0 Å². The Morgan fingerprint density at radius 2 is 1.70 bits per heavy atom. The van der Waals surface area contributed by atoms with Crippen LogP contribution in [0.4, 0.5) is 11.4 Å². The van der Waals surface area contributed by atoms with Crippen molar-refractivity contribution in [3.05, 3.63) is 48.5 Å². The van der Waals surface area contributed by atoms with Gasteiger partial charge in [0.2, 0.25) is 11.8 Å². The van der Waals surface area contributed by atoms with Crippen molar-refractivity contribution in [2.24, 2.45) is 5.92 Å². The molecule has 2 aliphatic rings. The summed E-state index contributed by atoms with van der Waals surface area (Å²) in [5.41, 5.74) is 1.85. The summed E-state index contributed by atoms with van der Waals surface area (Å²) in [5, 5.41) is 0. The Hall–Kier alpha value is -3.22. The standard InChI is InChI=1S/C23H27N3O4/c1-29-19-8-9-20(21(15-19)30-2)26-16-17(14-22(26)27)23(28)25-12-10-24(11-13-25)18-6-4-3-5-7-18/h3-9,15,17H,10-14,16H2,1-2H3. The van der Waals surface area contributed by atoms with Crippen molar-refractivity contribution in [2.45, 2.75) is 6.42 Å². The second-order valence-corrected chi connectivity index (χ2v) is 7.59. The van der Waals surface area contributed by atoms with Crippen molar-refractivity contribution < 1.29 is 19.1 Å². The van der Waals surface area contributed by atoms with Crippen molar-refractivity contribution in [3.63, 3.8) is 0 Å². The topological polar surface area (TPSA) is 62.3 Å². The van der Waals surface area contributed by atoms with Crippen LogP contribution in [0.3, 0.4) is 0 Å². The van der Waals surface area contributed by atoms with Crippen molar-refractivity contribution in [3.8, 4) is 11.5 Å². The average Bonchev–Trinajstić information content (AvgIpc) is 3.20. The first-order chi connectivity index (χ1) is 14.6. The highest BCUT2D eigenvalue weighted by atomic mass is 16.5. The van der Waals surface area contributed by atoms with Gasteiger partial charge in [-0.15, -0.1) is 0 Å². The minimum absolute atomic E-state index is 0.0558. The SMILES string of the molecule is COc1ccc(N2CC(C(=O)N3CCN(c4ccccc4)CC3)CC2=O)c(OC)c1. The molecule has 158 valence electrons. The fraction of sp³-hybridized carbons (Fsp3) is 0.391. The van der Waals surface area contributed by atoms with Crippen LogP contribution < -0.4 is 19.3 Å². The van der Waals surface area contributed by atoms with Crippen LogP contribution >= 0.6 is 0 Å². The Kier molecular flexibility index (Phi) is 5.79. The van der Waals surface area contributed by atoms with Crippen LogP contribution in [0.1, 0.15) is 6.42 Å². The molecule has 1 atom stereocenters. The maximum absolute atomic E-state index is 13.1. The Morgan fingerprint density at radius 1 is 0.967 bits per heavy atom. The number of piperazine rings is 1. The predicted octanol–water partition coefficient (Wildman–Crippen LogP) is 2.41. The van der Waals surface area contributed by atoms with Gasteiger partial charge in [-0.2, -0.15) is 0 Å². The zero-order valence-corrected chi connectivity index (χ0v) is 17.4. The molecule has 0 bridgehead atoms. The number of hydrogen-bond acceptors (Lipinski definition) is 5. The molecule has 2 fully saturated rings. The first-order valence-electron chi connectivity index (χ1n) is 10.2. The van der Waals surface area contributed by atoms with Crippen LogP contribution in [-0.2, 0) is 9.59 Å². The Bertz CT molecular complexity index is 910. The molecule has 0 saturated carbocycles. The monoisotopic (exact) mass is 409 g/mol. The number of hydrogen-bond donors (Lipinski definition) is 0. The number of benzene rings is 2. The number of para-hydroxylation sites is 1. The van der Waals surface area contributed by atoms with Gasteiger partial charge in [0.05, 0.1) is 25.8 Å². The summed E-state index contributed by atoms with van der Waals surface area (Å²) >= 11 is 0. The van der Waals surface area contributed by atoms with Crippen molar-refractivity contribution in [2.75, 3.05) is 56.7 Å². The Morgan fingerprint density at radius 3 is 2.37 bits per heavy atom. The minimum atomic E-state index is -0.326. The van der Waals surface area contributed by atoms with E-state index in [2.05, 4.69) is 17.0 Å². The van der Waals surface area contributed by atoms with E-state index in [1.807, 2.05) is 23.1 Å². The number of anilines is 2. The fourth-order valence-electron chi connectivity index (χ4n) is 4.20. The molecule has 0 aliphatic carbocycles. The summed E-state index contributed by atoms with van der Waals surface area (Å²) in [6.07, 6.45) is 0.229. The lowest BCUT2D eigenvalue weighted by atomic mass is 10.1. The highest BCUT2D eigenvalue weighted by molar-refractivity contribution is 6.01. The summed E-state index contributed by atoms with van der Waals surface area (Å²) < 4.78 is 10.7. The minimum Gasteiger partial charge on any atom is -0.497 e. The maximum atomic E-state index is 13.1. The highest BCUT2D eigenvalue weighted by Gasteiger charge is 2.38. The van der Waals surface area contributed by atoms with Gasteiger partial charge in [-0.1, -0.05) is 18.2 Å². The lowest BCUT2D eigenvalue weighted by Crippen LogP contribution is -2.50. The van der Waals surface area contributed by atoms with E-state index in [1.165, 1.54) is 5.69 Å². The molecule has 2 amide bonds. The third-order valence-electron chi connectivity index (χ3n) is 5.86. The number of ether oxygens (including phenoxy) is 2. The second-order valence-electron chi connectivity index (χ2n) is 7.59. The number of nitrogens with zero attached hydrogens (tertiary/aromatic N) is 3. The Labute approximate surface area is 176 Å². The smallest absolute Gasteiger partial charge is 0.228 e. The van der Waals surface area contributed by atoms with Crippen molar-refractivity contribution >= 4 is 23.2 Å². The summed E-state index contributed by atoms with van der Waals surface area (Å²) in [4.78, 5) is 31.6. The maximum Gasteiger partial charge on any atom is 0.228 e. The van der Waals surface area contributed by atoms with Crippen LogP contribution in [0.15, 0.2) is 48.5 Å². The summed E-state index contributed by atoms with van der Waals surface area (Å²) in [7, 11) is 3.15. The molecular formula is C23H27N3O4. The number of carbonyl (C=O) groups is 2. The van der Waals surface area contributed by atoms with Crippen molar-refractivity contribution in [1.82, 2.24) is 4.90 Å². The van der Waals surface area contributed by atoms with E-state index >= 15 is 0 Å². The number of amides is 2. The van der Waals surface area contributed by atoms with Gasteiger partial charge in [0.15, 0.2) is 0 Å². The molecular weight excluding hydrogens is 382 g/mol. The van der Waals surface area contributed by atoms with Gasteiger partial charge in [0.25, 0.3) is 0 Å². The fourth-order valence-corrected chi connectivity index (χ4v) is 4.20. The number of methoxy groups -OCH3 is 2. The van der Waals surface area contributed by atoms with E-state index in [0.29, 0.717) is 36.8 Å². The molecule has 0 N–H and O–H groups in total. The van der Waals surface area contributed by atoms with Crippen molar-refractivity contribution in [1.29, 1.82) is 0 Å². The van der Waals surface area contributed by atoms with Gasteiger partial charge in [-0.05, 0) is 24.3 Å². The van der Waals surface area contributed by atoms with Gasteiger partial charge in [-0.25, -0.2) is 0 Å². The molecule has 2 saturated heterocycles. The van der Waals surface area contributed by atoms with Gasteiger partial charge in [0.1, 0.15) is 11.5 Å². The zero-order chi connectivity index (χ0) is 21.1. The first-order valence-corrected chi connectivity index (χ1v) is 10.2. The normalized spacial score (nSPS) is 19.2. The largest absolute Gasteiger partial charge is 0.497 e. The molecule has 7 nitrogen and oxygen atoms in total. The van der Waals surface area contributed by atoms with E-state index in [4.69, 9.17) is 9.47 Å². The van der Waals surface area contributed by atoms with Gasteiger partial charge >= 0.3 is 0 Å². The van der Waals surface area contributed by atoms with Crippen LogP contribution in [0.5, 0.6) is 11.5 Å². The van der Waals surface area contributed by atoms with Crippen LogP contribution in [0, 0.1) is 5.92 Å². The predicted molar refractivity (Wildman–Crippen MR) is 115 cm³/mol. The van der Waals surface area contributed by atoms with Gasteiger partial charge in [-0.3, -0.25) is 9.59 Å².